The normalized spacial score (nSPS) is 11.7. The standard InChI is InChI=1S/C8H14O/c1-4-7(2)5-8(3)6-9/h4,9H,3,5-6H2,1-2H3/b7-4-. The molecular formula is C8H14O. The molecule has 0 amide bonds. The van der Waals surface area contributed by atoms with Gasteiger partial charge in [-0.1, -0.05) is 18.2 Å². The van der Waals surface area contributed by atoms with Crippen molar-refractivity contribution in [3.05, 3.63) is 23.8 Å². The van der Waals surface area contributed by atoms with Gasteiger partial charge < -0.3 is 5.11 Å². The maximum atomic E-state index is 8.55. The molecule has 0 heterocycles. The van der Waals surface area contributed by atoms with Crippen molar-refractivity contribution in [2.45, 2.75) is 20.3 Å². The van der Waals surface area contributed by atoms with Crippen molar-refractivity contribution >= 4 is 0 Å². The third kappa shape index (κ3) is 3.98. The maximum absolute atomic E-state index is 8.55. The summed E-state index contributed by atoms with van der Waals surface area (Å²) in [4.78, 5) is 0. The van der Waals surface area contributed by atoms with Gasteiger partial charge in [-0.2, -0.15) is 0 Å². The quantitative estimate of drug-likeness (QED) is 0.572. The van der Waals surface area contributed by atoms with Crippen LogP contribution in [0.4, 0.5) is 0 Å². The van der Waals surface area contributed by atoms with E-state index < -0.39 is 0 Å². The first-order valence-electron chi connectivity index (χ1n) is 3.10. The van der Waals surface area contributed by atoms with Crippen LogP contribution in [0.2, 0.25) is 0 Å². The minimum atomic E-state index is 0.102. The highest BCUT2D eigenvalue weighted by atomic mass is 16.3. The number of aliphatic hydroxyl groups is 1. The zero-order valence-corrected chi connectivity index (χ0v) is 6.15. The van der Waals surface area contributed by atoms with Crippen LogP contribution < -0.4 is 0 Å². The second-order valence-electron chi connectivity index (χ2n) is 2.22. The summed E-state index contributed by atoms with van der Waals surface area (Å²) in [6.45, 7) is 7.79. The Morgan fingerprint density at radius 1 is 1.67 bits per heavy atom. The molecule has 0 unspecified atom stereocenters. The summed E-state index contributed by atoms with van der Waals surface area (Å²) in [5.74, 6) is 0. The van der Waals surface area contributed by atoms with Gasteiger partial charge in [0.2, 0.25) is 0 Å². The Morgan fingerprint density at radius 3 is 2.56 bits per heavy atom. The van der Waals surface area contributed by atoms with E-state index in [0.717, 1.165) is 12.0 Å². The van der Waals surface area contributed by atoms with E-state index in [1.54, 1.807) is 0 Å². The van der Waals surface area contributed by atoms with Crippen LogP contribution in [0, 0.1) is 0 Å². The van der Waals surface area contributed by atoms with Crippen LogP contribution in [0.5, 0.6) is 0 Å². The van der Waals surface area contributed by atoms with Crippen molar-refractivity contribution in [2.24, 2.45) is 0 Å². The summed E-state index contributed by atoms with van der Waals surface area (Å²) >= 11 is 0. The first-order valence-corrected chi connectivity index (χ1v) is 3.10. The zero-order chi connectivity index (χ0) is 7.28. The van der Waals surface area contributed by atoms with Gasteiger partial charge in [-0.25, -0.2) is 0 Å². The Hall–Kier alpha value is -0.560. The third-order valence-electron chi connectivity index (χ3n) is 1.25. The molecule has 1 nitrogen and oxygen atoms in total. The van der Waals surface area contributed by atoms with Crippen molar-refractivity contribution in [3.63, 3.8) is 0 Å². The zero-order valence-electron chi connectivity index (χ0n) is 6.15. The molecule has 0 aliphatic heterocycles. The lowest BCUT2D eigenvalue weighted by Gasteiger charge is -1.99. The van der Waals surface area contributed by atoms with Crippen LogP contribution in [0.3, 0.4) is 0 Å². The van der Waals surface area contributed by atoms with E-state index in [0.29, 0.717) is 0 Å². The summed E-state index contributed by atoms with van der Waals surface area (Å²) in [5, 5.41) is 8.55. The molecule has 0 rings (SSSR count). The molecule has 0 aromatic heterocycles. The molecule has 0 aliphatic carbocycles. The Bertz CT molecular complexity index is 123. The molecule has 0 atom stereocenters. The molecule has 0 aromatic rings. The second kappa shape index (κ2) is 4.33. The van der Waals surface area contributed by atoms with Gasteiger partial charge in [-0.3, -0.25) is 0 Å². The highest BCUT2D eigenvalue weighted by Gasteiger charge is 1.90. The van der Waals surface area contributed by atoms with E-state index in [2.05, 4.69) is 6.58 Å². The third-order valence-corrected chi connectivity index (χ3v) is 1.25. The summed E-state index contributed by atoms with van der Waals surface area (Å²) in [5.41, 5.74) is 2.14. The van der Waals surface area contributed by atoms with Crippen LogP contribution in [0.25, 0.3) is 0 Å². The van der Waals surface area contributed by atoms with E-state index in [9.17, 15) is 0 Å². The van der Waals surface area contributed by atoms with Crippen molar-refractivity contribution in [1.82, 2.24) is 0 Å². The SMILES string of the molecule is C=C(CO)C/C(C)=C\C. The lowest BCUT2D eigenvalue weighted by atomic mass is 10.1. The minimum Gasteiger partial charge on any atom is -0.392 e. The fourth-order valence-electron chi connectivity index (χ4n) is 0.552. The second-order valence-corrected chi connectivity index (χ2v) is 2.22. The molecule has 0 fully saturated rings. The molecule has 0 bridgehead atoms. The van der Waals surface area contributed by atoms with E-state index in [-0.39, 0.29) is 6.61 Å². The average Bonchev–Trinajstić information content (AvgIpc) is 1.87. The number of aliphatic hydroxyl groups excluding tert-OH is 1. The largest absolute Gasteiger partial charge is 0.392 e. The Kier molecular flexibility index (Phi) is 4.06. The molecule has 1 heteroatoms. The van der Waals surface area contributed by atoms with Crippen molar-refractivity contribution in [3.8, 4) is 0 Å². The van der Waals surface area contributed by atoms with Crippen LogP contribution in [0.15, 0.2) is 23.8 Å². The van der Waals surface area contributed by atoms with Crippen LogP contribution in [0.1, 0.15) is 20.3 Å². The van der Waals surface area contributed by atoms with E-state index in [1.165, 1.54) is 5.57 Å². The van der Waals surface area contributed by atoms with Crippen LogP contribution >= 0.6 is 0 Å². The van der Waals surface area contributed by atoms with Gasteiger partial charge in [0, 0.05) is 0 Å². The number of allylic oxidation sites excluding steroid dienone is 2. The summed E-state index contributed by atoms with van der Waals surface area (Å²) in [7, 11) is 0. The number of hydrogen-bond donors (Lipinski definition) is 1. The summed E-state index contributed by atoms with van der Waals surface area (Å²) in [6.07, 6.45) is 2.86. The first-order chi connectivity index (χ1) is 4.20. The Labute approximate surface area is 56.7 Å². The van der Waals surface area contributed by atoms with E-state index >= 15 is 0 Å². The lowest BCUT2D eigenvalue weighted by molar-refractivity contribution is 0.329. The molecule has 9 heavy (non-hydrogen) atoms. The molecular weight excluding hydrogens is 112 g/mol. The molecule has 0 radical (unpaired) electrons. The van der Waals surface area contributed by atoms with Crippen molar-refractivity contribution in [2.75, 3.05) is 6.61 Å². The predicted molar refractivity (Wildman–Crippen MR) is 40.3 cm³/mol. The predicted octanol–water partition coefficient (Wildman–Crippen LogP) is 1.89. The number of hydrogen-bond acceptors (Lipinski definition) is 1. The van der Waals surface area contributed by atoms with Crippen molar-refractivity contribution in [1.29, 1.82) is 0 Å². The Morgan fingerprint density at radius 2 is 2.22 bits per heavy atom. The van der Waals surface area contributed by atoms with Gasteiger partial charge in [0.05, 0.1) is 6.61 Å². The first kappa shape index (κ1) is 8.44. The average molecular weight is 126 g/mol. The van der Waals surface area contributed by atoms with Gasteiger partial charge in [-0.15, -0.1) is 0 Å². The van der Waals surface area contributed by atoms with Gasteiger partial charge in [0.1, 0.15) is 0 Å². The van der Waals surface area contributed by atoms with Gasteiger partial charge in [0.15, 0.2) is 0 Å². The fourth-order valence-corrected chi connectivity index (χ4v) is 0.552. The van der Waals surface area contributed by atoms with E-state index in [4.69, 9.17) is 5.11 Å². The fraction of sp³-hybridized carbons (Fsp3) is 0.500. The highest BCUT2D eigenvalue weighted by Crippen LogP contribution is 2.06. The molecule has 0 saturated carbocycles. The molecule has 0 spiro atoms. The molecule has 0 aliphatic rings. The number of rotatable bonds is 3. The summed E-state index contributed by atoms with van der Waals surface area (Å²) < 4.78 is 0. The van der Waals surface area contributed by atoms with Crippen LogP contribution in [-0.2, 0) is 0 Å². The topological polar surface area (TPSA) is 20.2 Å². The van der Waals surface area contributed by atoms with Crippen LogP contribution in [-0.4, -0.2) is 11.7 Å². The smallest absolute Gasteiger partial charge is 0.0642 e. The molecule has 0 saturated heterocycles. The van der Waals surface area contributed by atoms with Gasteiger partial charge >= 0.3 is 0 Å². The minimum absolute atomic E-state index is 0.102. The molecule has 52 valence electrons. The maximum Gasteiger partial charge on any atom is 0.0642 e. The monoisotopic (exact) mass is 126 g/mol. The van der Waals surface area contributed by atoms with Gasteiger partial charge in [0.25, 0.3) is 0 Å². The Balaban J connectivity index is 3.60. The van der Waals surface area contributed by atoms with Gasteiger partial charge in [-0.05, 0) is 25.8 Å². The van der Waals surface area contributed by atoms with Crippen molar-refractivity contribution < 1.29 is 5.11 Å². The molecule has 1 N–H and O–H groups in total. The summed E-state index contributed by atoms with van der Waals surface area (Å²) in [6, 6.07) is 0. The van der Waals surface area contributed by atoms with E-state index in [1.807, 2.05) is 19.9 Å². The highest BCUT2D eigenvalue weighted by molar-refractivity contribution is 5.09. The lowest BCUT2D eigenvalue weighted by Crippen LogP contribution is -1.88. The molecule has 0 aromatic carbocycles.